The third-order valence-electron chi connectivity index (χ3n) is 3.27. The van der Waals surface area contributed by atoms with Crippen LogP contribution in [0.25, 0.3) is 0 Å². The molecule has 0 N–H and O–H groups in total. The van der Waals surface area contributed by atoms with Gasteiger partial charge in [0.05, 0.1) is 11.5 Å². The molecule has 1 aliphatic heterocycles. The lowest BCUT2D eigenvalue weighted by Crippen LogP contribution is -2.27. The number of carbonyl (C=O) groups excluding carboxylic acids is 1. The topological polar surface area (TPSA) is 63.7 Å². The van der Waals surface area contributed by atoms with Crippen LogP contribution in [0.1, 0.15) is 28.8 Å². The predicted molar refractivity (Wildman–Crippen MR) is 75.3 cm³/mol. The van der Waals surface area contributed by atoms with Gasteiger partial charge in [0.25, 0.3) is 15.0 Å². The molecule has 0 saturated carbocycles. The summed E-state index contributed by atoms with van der Waals surface area (Å²) in [5.74, 6) is -0.159. The summed E-state index contributed by atoms with van der Waals surface area (Å²) < 4.78 is 28.2. The third-order valence-corrected chi connectivity index (χ3v) is 4.67. The Bertz CT molecular complexity index is 609. The maximum atomic E-state index is 12.3. The number of likely N-dealkylation sites (tertiary alicyclic amines) is 1. The molecule has 1 amide bonds. The van der Waals surface area contributed by atoms with Crippen LogP contribution in [0.15, 0.2) is 23.1 Å². The van der Waals surface area contributed by atoms with Gasteiger partial charge in [-0.05, 0) is 30.5 Å². The Morgan fingerprint density at radius 3 is 2.55 bits per heavy atom. The fourth-order valence-corrected chi connectivity index (χ4v) is 3.43. The molecule has 0 unspecified atom stereocenters. The van der Waals surface area contributed by atoms with Crippen LogP contribution in [-0.2, 0) is 20.4 Å². The van der Waals surface area contributed by atoms with Gasteiger partial charge >= 0.3 is 0 Å². The number of methoxy groups -OCH3 is 1. The number of nitrogens with zero attached hydrogens (tertiary/aromatic N) is 1. The molecule has 1 aliphatic rings. The van der Waals surface area contributed by atoms with E-state index >= 15 is 0 Å². The van der Waals surface area contributed by atoms with Crippen molar-refractivity contribution in [3.63, 3.8) is 0 Å². The molecule has 0 aliphatic carbocycles. The molecule has 0 bridgehead atoms. The molecular formula is C13H16ClNO4S. The van der Waals surface area contributed by atoms with E-state index in [2.05, 4.69) is 0 Å². The van der Waals surface area contributed by atoms with Gasteiger partial charge in [-0.2, -0.15) is 0 Å². The second-order valence-corrected chi connectivity index (χ2v) is 7.23. The van der Waals surface area contributed by atoms with Crippen LogP contribution in [0.2, 0.25) is 0 Å². The van der Waals surface area contributed by atoms with Crippen molar-refractivity contribution >= 4 is 25.6 Å². The van der Waals surface area contributed by atoms with Gasteiger partial charge in [-0.1, -0.05) is 6.07 Å². The van der Waals surface area contributed by atoms with E-state index in [1.54, 1.807) is 17.0 Å². The first-order valence-electron chi connectivity index (χ1n) is 6.29. The maximum Gasteiger partial charge on any atom is 0.261 e. The number of ether oxygens (including phenoxy) is 1. The maximum absolute atomic E-state index is 12.3. The lowest BCUT2D eigenvalue weighted by molar-refractivity contribution is 0.0792. The Balaban J connectivity index is 2.38. The molecule has 5 nitrogen and oxygen atoms in total. The minimum Gasteiger partial charge on any atom is -0.380 e. The Morgan fingerprint density at radius 2 is 2.00 bits per heavy atom. The molecular weight excluding hydrogens is 302 g/mol. The molecule has 110 valence electrons. The lowest BCUT2D eigenvalue weighted by atomic mass is 10.1. The smallest absolute Gasteiger partial charge is 0.261 e. The zero-order valence-corrected chi connectivity index (χ0v) is 12.7. The molecule has 1 aromatic carbocycles. The Morgan fingerprint density at radius 1 is 1.35 bits per heavy atom. The highest BCUT2D eigenvalue weighted by Gasteiger charge is 2.23. The Kier molecular flexibility index (Phi) is 4.67. The molecule has 1 aromatic rings. The molecule has 2 rings (SSSR count). The largest absolute Gasteiger partial charge is 0.380 e. The van der Waals surface area contributed by atoms with Gasteiger partial charge in [-0.3, -0.25) is 4.79 Å². The van der Waals surface area contributed by atoms with Gasteiger partial charge in [0.2, 0.25) is 0 Å². The zero-order valence-electron chi connectivity index (χ0n) is 11.1. The molecule has 0 spiro atoms. The number of carbonyl (C=O) groups is 1. The summed E-state index contributed by atoms with van der Waals surface area (Å²) in [5, 5.41) is 0. The van der Waals surface area contributed by atoms with Crippen molar-refractivity contribution in [2.24, 2.45) is 0 Å². The van der Waals surface area contributed by atoms with Crippen molar-refractivity contribution in [2.45, 2.75) is 24.3 Å². The average Bonchev–Trinajstić information content (AvgIpc) is 2.91. The van der Waals surface area contributed by atoms with Crippen LogP contribution in [0.5, 0.6) is 0 Å². The monoisotopic (exact) mass is 317 g/mol. The molecule has 0 radical (unpaired) electrons. The van der Waals surface area contributed by atoms with Gasteiger partial charge in [0.1, 0.15) is 0 Å². The predicted octanol–water partition coefficient (Wildman–Crippen LogP) is 2.00. The standard InChI is InChI=1S/C13H16ClNO4S/c1-19-9-11-5-4-10(8-12(11)20(14,17)18)13(16)15-6-2-3-7-15/h4-5,8H,2-3,6-7,9H2,1H3. The molecule has 7 heteroatoms. The van der Waals surface area contributed by atoms with E-state index in [1.165, 1.54) is 13.2 Å². The number of amides is 1. The van der Waals surface area contributed by atoms with E-state index in [0.29, 0.717) is 24.2 Å². The summed E-state index contributed by atoms with van der Waals surface area (Å²) in [5.41, 5.74) is 0.784. The van der Waals surface area contributed by atoms with Crippen molar-refractivity contribution in [1.82, 2.24) is 4.90 Å². The quantitative estimate of drug-likeness (QED) is 0.797. The molecule has 1 heterocycles. The number of benzene rings is 1. The SMILES string of the molecule is COCc1ccc(C(=O)N2CCCC2)cc1S(=O)(=O)Cl. The highest BCUT2D eigenvalue weighted by Crippen LogP contribution is 2.24. The zero-order chi connectivity index (χ0) is 14.8. The summed E-state index contributed by atoms with van der Waals surface area (Å²) in [6.07, 6.45) is 1.96. The van der Waals surface area contributed by atoms with Crippen molar-refractivity contribution < 1.29 is 17.9 Å². The van der Waals surface area contributed by atoms with Crippen LogP contribution >= 0.6 is 10.7 Å². The van der Waals surface area contributed by atoms with Crippen LogP contribution in [0, 0.1) is 0 Å². The molecule has 0 aromatic heterocycles. The molecule has 1 saturated heterocycles. The van der Waals surface area contributed by atoms with E-state index in [1.807, 2.05) is 0 Å². The first-order valence-corrected chi connectivity index (χ1v) is 8.60. The van der Waals surface area contributed by atoms with E-state index < -0.39 is 9.05 Å². The van der Waals surface area contributed by atoms with E-state index in [4.69, 9.17) is 15.4 Å². The summed E-state index contributed by atoms with van der Waals surface area (Å²) in [4.78, 5) is 13.9. The van der Waals surface area contributed by atoms with Gasteiger partial charge in [-0.25, -0.2) is 8.42 Å². The van der Waals surface area contributed by atoms with Gasteiger partial charge in [-0.15, -0.1) is 0 Å². The summed E-state index contributed by atoms with van der Waals surface area (Å²) in [7, 11) is 2.98. The van der Waals surface area contributed by atoms with E-state index in [9.17, 15) is 13.2 Å². The highest BCUT2D eigenvalue weighted by molar-refractivity contribution is 8.13. The second kappa shape index (κ2) is 6.11. The second-order valence-electron chi connectivity index (χ2n) is 4.69. The van der Waals surface area contributed by atoms with Crippen LogP contribution in [-0.4, -0.2) is 39.4 Å². The first-order chi connectivity index (χ1) is 9.43. The lowest BCUT2D eigenvalue weighted by Gasteiger charge is -2.16. The van der Waals surface area contributed by atoms with E-state index in [0.717, 1.165) is 12.8 Å². The minimum atomic E-state index is -3.91. The van der Waals surface area contributed by atoms with Gasteiger partial charge < -0.3 is 9.64 Å². The normalized spacial score (nSPS) is 15.6. The number of halogens is 1. The first kappa shape index (κ1) is 15.3. The van der Waals surface area contributed by atoms with Gasteiger partial charge in [0.15, 0.2) is 0 Å². The Hall–Kier alpha value is -1.11. The van der Waals surface area contributed by atoms with Crippen LogP contribution in [0.3, 0.4) is 0 Å². The minimum absolute atomic E-state index is 0.0638. The summed E-state index contributed by atoms with van der Waals surface area (Å²) in [6, 6.07) is 4.51. The summed E-state index contributed by atoms with van der Waals surface area (Å²) in [6.45, 7) is 1.54. The fraction of sp³-hybridized carbons (Fsp3) is 0.462. The fourth-order valence-electron chi connectivity index (χ4n) is 2.29. The Labute approximate surface area is 122 Å². The van der Waals surface area contributed by atoms with Gasteiger partial charge in [0, 0.05) is 36.4 Å². The van der Waals surface area contributed by atoms with Crippen molar-refractivity contribution in [2.75, 3.05) is 20.2 Å². The number of hydrogen-bond donors (Lipinski definition) is 0. The van der Waals surface area contributed by atoms with Crippen LogP contribution in [0.4, 0.5) is 0 Å². The number of hydrogen-bond acceptors (Lipinski definition) is 4. The average molecular weight is 318 g/mol. The summed E-state index contributed by atoms with van der Waals surface area (Å²) >= 11 is 0. The molecule has 0 atom stereocenters. The molecule has 20 heavy (non-hydrogen) atoms. The molecule has 1 fully saturated rings. The van der Waals surface area contributed by atoms with Crippen molar-refractivity contribution in [3.8, 4) is 0 Å². The third kappa shape index (κ3) is 3.31. The van der Waals surface area contributed by atoms with Crippen LogP contribution < -0.4 is 0 Å². The number of rotatable bonds is 4. The van der Waals surface area contributed by atoms with Crippen molar-refractivity contribution in [3.05, 3.63) is 29.3 Å². The van der Waals surface area contributed by atoms with E-state index in [-0.39, 0.29) is 17.4 Å². The van der Waals surface area contributed by atoms with Crippen molar-refractivity contribution in [1.29, 1.82) is 0 Å². The highest BCUT2D eigenvalue weighted by atomic mass is 35.7.